The van der Waals surface area contributed by atoms with E-state index in [4.69, 9.17) is 5.11 Å². The van der Waals surface area contributed by atoms with E-state index >= 15 is 0 Å². The fourth-order valence-electron chi connectivity index (χ4n) is 2.90. The molecule has 0 radical (unpaired) electrons. The van der Waals surface area contributed by atoms with Crippen molar-refractivity contribution in [3.8, 4) is 0 Å². The van der Waals surface area contributed by atoms with Gasteiger partial charge in [-0.2, -0.15) is 0 Å². The maximum atomic E-state index is 12.4. The van der Waals surface area contributed by atoms with Gasteiger partial charge in [-0.3, -0.25) is 14.4 Å². The molecule has 0 saturated heterocycles. The summed E-state index contributed by atoms with van der Waals surface area (Å²) in [5.74, 6) is -1.04. The first-order chi connectivity index (χ1) is 13.4. The average molecular weight is 398 g/mol. The molecule has 6 nitrogen and oxygen atoms in total. The summed E-state index contributed by atoms with van der Waals surface area (Å²) >= 11 is 1.48. The molecule has 0 spiro atoms. The van der Waals surface area contributed by atoms with E-state index in [0.717, 1.165) is 22.4 Å². The van der Waals surface area contributed by atoms with Gasteiger partial charge in [0.1, 0.15) is 0 Å². The molecule has 1 aliphatic rings. The van der Waals surface area contributed by atoms with E-state index in [1.165, 1.54) is 11.8 Å². The fourth-order valence-corrected chi connectivity index (χ4v) is 3.83. The minimum absolute atomic E-state index is 0.0569. The van der Waals surface area contributed by atoms with E-state index in [9.17, 15) is 14.4 Å². The van der Waals surface area contributed by atoms with Crippen molar-refractivity contribution in [2.75, 3.05) is 5.32 Å². The second kappa shape index (κ2) is 8.93. The number of anilines is 1. The van der Waals surface area contributed by atoms with Crippen LogP contribution in [0.5, 0.6) is 0 Å². The third kappa shape index (κ3) is 5.13. The molecule has 2 aromatic carbocycles. The lowest BCUT2D eigenvalue weighted by molar-refractivity contribution is -0.137. The third-order valence-corrected chi connectivity index (χ3v) is 5.68. The van der Waals surface area contributed by atoms with Crippen molar-refractivity contribution in [2.24, 2.45) is 0 Å². The normalized spacial score (nSPS) is 15.5. The Kier molecular flexibility index (Phi) is 6.36. The minimum atomic E-state index is -0.783. The quantitative estimate of drug-likeness (QED) is 0.664. The minimum Gasteiger partial charge on any atom is -0.481 e. The standard InChI is InChI=1S/C21H22N2O4S/c1-13-20(26)23-17-11-16(9-10-18(17)28-13)21(27)22-12-15-7-5-14(6-8-15)3-2-4-19(24)25/h5-11,13H,2-4,12H2,1H3,(H,22,27)(H,23,26)(H,24,25). The van der Waals surface area contributed by atoms with Crippen LogP contribution in [0.4, 0.5) is 5.69 Å². The second-order valence-corrected chi connectivity index (χ2v) is 8.09. The number of carboxylic acid groups (broad SMARTS) is 1. The summed E-state index contributed by atoms with van der Waals surface area (Å²) in [6.07, 6.45) is 1.49. The third-order valence-electron chi connectivity index (χ3n) is 4.50. The van der Waals surface area contributed by atoms with Gasteiger partial charge in [0.2, 0.25) is 5.91 Å². The lowest BCUT2D eigenvalue weighted by atomic mass is 10.1. The zero-order chi connectivity index (χ0) is 20.1. The van der Waals surface area contributed by atoms with Gasteiger partial charge in [-0.25, -0.2) is 0 Å². The smallest absolute Gasteiger partial charge is 0.303 e. The molecule has 0 aromatic heterocycles. The number of carboxylic acids is 1. The number of hydrogen-bond acceptors (Lipinski definition) is 4. The van der Waals surface area contributed by atoms with Crippen LogP contribution >= 0.6 is 11.8 Å². The lowest BCUT2D eigenvalue weighted by Crippen LogP contribution is -2.27. The van der Waals surface area contributed by atoms with Gasteiger partial charge in [-0.15, -0.1) is 11.8 Å². The highest BCUT2D eigenvalue weighted by molar-refractivity contribution is 8.00. The number of carbonyl (C=O) groups is 3. The number of fused-ring (bicyclic) bond motifs is 1. The van der Waals surface area contributed by atoms with Crippen LogP contribution in [0.2, 0.25) is 0 Å². The molecule has 3 N–H and O–H groups in total. The highest BCUT2D eigenvalue weighted by Crippen LogP contribution is 2.35. The number of carbonyl (C=O) groups excluding carboxylic acids is 2. The van der Waals surface area contributed by atoms with Crippen LogP contribution in [0, 0.1) is 0 Å². The molecule has 1 unspecified atom stereocenters. The van der Waals surface area contributed by atoms with Gasteiger partial charge in [0.05, 0.1) is 10.9 Å². The molecule has 3 rings (SSSR count). The first kappa shape index (κ1) is 19.9. The Morgan fingerprint density at radius 1 is 1.14 bits per heavy atom. The molecule has 0 bridgehead atoms. The van der Waals surface area contributed by atoms with Gasteiger partial charge in [-0.1, -0.05) is 24.3 Å². The van der Waals surface area contributed by atoms with Crippen molar-refractivity contribution >= 4 is 35.2 Å². The van der Waals surface area contributed by atoms with Crippen LogP contribution in [-0.4, -0.2) is 28.1 Å². The van der Waals surface area contributed by atoms with E-state index in [1.54, 1.807) is 12.1 Å². The number of nitrogens with one attached hydrogen (secondary N) is 2. The Bertz CT molecular complexity index is 896. The first-order valence-electron chi connectivity index (χ1n) is 9.12. The monoisotopic (exact) mass is 398 g/mol. The van der Waals surface area contributed by atoms with Crippen LogP contribution in [0.3, 0.4) is 0 Å². The maximum absolute atomic E-state index is 12.4. The highest BCUT2D eigenvalue weighted by Gasteiger charge is 2.23. The summed E-state index contributed by atoms with van der Waals surface area (Å²) < 4.78 is 0. The molecule has 1 atom stereocenters. The van der Waals surface area contributed by atoms with E-state index < -0.39 is 5.97 Å². The molecule has 1 aliphatic heterocycles. The Morgan fingerprint density at radius 2 is 1.86 bits per heavy atom. The predicted molar refractivity (Wildman–Crippen MR) is 109 cm³/mol. The number of amides is 2. The number of aryl methyl sites for hydroxylation is 1. The van der Waals surface area contributed by atoms with Crippen LogP contribution in [0.15, 0.2) is 47.4 Å². The molecule has 7 heteroatoms. The predicted octanol–water partition coefficient (Wildman–Crippen LogP) is 3.46. The average Bonchev–Trinajstić information content (AvgIpc) is 2.67. The van der Waals surface area contributed by atoms with E-state index in [-0.39, 0.29) is 23.5 Å². The molecular formula is C21H22N2O4S. The topological polar surface area (TPSA) is 95.5 Å². The van der Waals surface area contributed by atoms with Gasteiger partial charge in [-0.05, 0) is 49.1 Å². The van der Waals surface area contributed by atoms with Crippen molar-refractivity contribution in [1.82, 2.24) is 5.32 Å². The Hall–Kier alpha value is -2.80. The molecule has 2 aromatic rings. The summed E-state index contributed by atoms with van der Waals surface area (Å²) in [5, 5.41) is 14.3. The van der Waals surface area contributed by atoms with Crippen LogP contribution in [-0.2, 0) is 22.6 Å². The van der Waals surface area contributed by atoms with Crippen molar-refractivity contribution in [2.45, 2.75) is 42.9 Å². The lowest BCUT2D eigenvalue weighted by Gasteiger charge is -2.21. The maximum Gasteiger partial charge on any atom is 0.303 e. The van der Waals surface area contributed by atoms with Crippen molar-refractivity contribution in [3.63, 3.8) is 0 Å². The number of rotatable bonds is 7. The summed E-state index contributed by atoms with van der Waals surface area (Å²) in [5.41, 5.74) is 3.21. The number of hydrogen-bond donors (Lipinski definition) is 3. The molecule has 28 heavy (non-hydrogen) atoms. The summed E-state index contributed by atoms with van der Waals surface area (Å²) in [4.78, 5) is 35.8. The Labute approximate surface area is 167 Å². The molecule has 1 heterocycles. The summed E-state index contributed by atoms with van der Waals surface area (Å²) in [6.45, 7) is 2.24. The van der Waals surface area contributed by atoms with Crippen LogP contribution < -0.4 is 10.6 Å². The Morgan fingerprint density at radius 3 is 2.57 bits per heavy atom. The van der Waals surface area contributed by atoms with E-state index in [0.29, 0.717) is 24.2 Å². The van der Waals surface area contributed by atoms with Gasteiger partial charge in [0, 0.05) is 23.4 Å². The molecule has 0 fully saturated rings. The highest BCUT2D eigenvalue weighted by atomic mass is 32.2. The zero-order valence-corrected chi connectivity index (χ0v) is 16.3. The van der Waals surface area contributed by atoms with Gasteiger partial charge in [0.25, 0.3) is 5.91 Å². The summed E-state index contributed by atoms with van der Waals surface area (Å²) in [6, 6.07) is 13.1. The Balaban J connectivity index is 1.55. The fraction of sp³-hybridized carbons (Fsp3) is 0.286. The van der Waals surface area contributed by atoms with Gasteiger partial charge >= 0.3 is 5.97 Å². The molecule has 0 aliphatic carbocycles. The molecule has 146 valence electrons. The zero-order valence-electron chi connectivity index (χ0n) is 15.5. The summed E-state index contributed by atoms with van der Waals surface area (Å²) in [7, 11) is 0. The number of thioether (sulfide) groups is 1. The van der Waals surface area contributed by atoms with Crippen molar-refractivity contribution < 1.29 is 19.5 Å². The number of aliphatic carboxylic acids is 1. The van der Waals surface area contributed by atoms with E-state index in [2.05, 4.69) is 10.6 Å². The van der Waals surface area contributed by atoms with Gasteiger partial charge in [0.15, 0.2) is 0 Å². The van der Waals surface area contributed by atoms with E-state index in [1.807, 2.05) is 37.3 Å². The van der Waals surface area contributed by atoms with Crippen LogP contribution in [0.25, 0.3) is 0 Å². The number of benzene rings is 2. The SMILES string of the molecule is CC1Sc2ccc(C(=O)NCc3ccc(CCCC(=O)O)cc3)cc2NC1=O. The second-order valence-electron chi connectivity index (χ2n) is 6.71. The molecule has 2 amide bonds. The first-order valence-corrected chi connectivity index (χ1v) is 10.00. The van der Waals surface area contributed by atoms with Crippen molar-refractivity contribution in [1.29, 1.82) is 0 Å². The van der Waals surface area contributed by atoms with Crippen molar-refractivity contribution in [3.05, 3.63) is 59.2 Å². The largest absolute Gasteiger partial charge is 0.481 e. The van der Waals surface area contributed by atoms with Crippen LogP contribution in [0.1, 0.15) is 41.3 Å². The molecular weight excluding hydrogens is 376 g/mol. The van der Waals surface area contributed by atoms with Gasteiger partial charge < -0.3 is 15.7 Å². The molecule has 0 saturated carbocycles.